The van der Waals surface area contributed by atoms with Gasteiger partial charge in [0.05, 0.1) is 11.3 Å². The summed E-state index contributed by atoms with van der Waals surface area (Å²) in [7, 11) is 0. The zero-order valence-electron chi connectivity index (χ0n) is 15.1. The van der Waals surface area contributed by atoms with Crippen LogP contribution >= 0.6 is 34.4 Å². The number of nitriles is 1. The van der Waals surface area contributed by atoms with E-state index in [4.69, 9.17) is 0 Å². The van der Waals surface area contributed by atoms with Gasteiger partial charge in [-0.1, -0.05) is 11.8 Å². The number of fused-ring (bicyclic) bond motifs is 2. The van der Waals surface area contributed by atoms with Crippen LogP contribution in [0.5, 0.6) is 0 Å². The Morgan fingerprint density at radius 2 is 2.11 bits per heavy atom. The lowest BCUT2D eigenvalue weighted by atomic mass is 9.96. The van der Waals surface area contributed by atoms with Crippen LogP contribution in [0.4, 0.5) is 5.00 Å². The molecule has 0 aromatic carbocycles. The Morgan fingerprint density at radius 3 is 2.93 bits per heavy atom. The molecule has 0 aliphatic heterocycles. The Kier molecular flexibility index (Phi) is 5.17. The van der Waals surface area contributed by atoms with Crippen molar-refractivity contribution < 1.29 is 4.79 Å². The number of hydrogen-bond donors (Lipinski definition) is 1. The smallest absolute Gasteiger partial charge is 0.235 e. The van der Waals surface area contributed by atoms with Gasteiger partial charge in [0.25, 0.3) is 0 Å². The molecule has 0 fully saturated rings. The summed E-state index contributed by atoms with van der Waals surface area (Å²) in [4.78, 5) is 24.7. The number of carbonyl (C=O) groups excluding carboxylic acids is 1. The lowest BCUT2D eigenvalue weighted by Gasteiger charge is -2.09. The molecule has 0 unspecified atom stereocenters. The van der Waals surface area contributed by atoms with Crippen molar-refractivity contribution in [1.82, 2.24) is 9.97 Å². The predicted molar refractivity (Wildman–Crippen MR) is 112 cm³/mol. The fourth-order valence-electron chi connectivity index (χ4n) is 3.33. The minimum absolute atomic E-state index is 0.105. The molecular formula is C19H18N4OS3. The van der Waals surface area contributed by atoms with E-state index in [1.807, 2.05) is 0 Å². The van der Waals surface area contributed by atoms with Gasteiger partial charge in [0.15, 0.2) is 0 Å². The quantitative estimate of drug-likeness (QED) is 0.488. The molecule has 3 aromatic rings. The topological polar surface area (TPSA) is 78.7 Å². The predicted octanol–water partition coefficient (Wildman–Crippen LogP) is 4.85. The minimum atomic E-state index is -0.105. The van der Waals surface area contributed by atoms with Gasteiger partial charge in [0.1, 0.15) is 27.3 Å². The summed E-state index contributed by atoms with van der Waals surface area (Å²) in [6, 6.07) is 2.29. The van der Waals surface area contributed by atoms with Gasteiger partial charge in [0.2, 0.25) is 5.91 Å². The SMILES string of the molecule is Cc1sc2ncnc(SCC(=O)Nc3sc4c(c3C#N)CCCC4)c2c1C. The molecule has 0 atom stereocenters. The Hall–Kier alpha value is -1.95. The lowest BCUT2D eigenvalue weighted by Crippen LogP contribution is -2.14. The van der Waals surface area contributed by atoms with E-state index in [2.05, 4.69) is 35.2 Å². The van der Waals surface area contributed by atoms with Crippen LogP contribution in [-0.4, -0.2) is 21.6 Å². The molecule has 1 aliphatic carbocycles. The molecule has 8 heteroatoms. The van der Waals surface area contributed by atoms with Crippen molar-refractivity contribution in [3.63, 3.8) is 0 Å². The number of hydrogen-bond acceptors (Lipinski definition) is 7. The van der Waals surface area contributed by atoms with Crippen molar-refractivity contribution in [1.29, 1.82) is 5.26 Å². The maximum atomic E-state index is 12.5. The van der Waals surface area contributed by atoms with Crippen molar-refractivity contribution in [3.05, 3.63) is 32.8 Å². The average molecular weight is 415 g/mol. The molecule has 138 valence electrons. The highest BCUT2D eigenvalue weighted by molar-refractivity contribution is 8.00. The number of aromatic nitrogens is 2. The number of carbonyl (C=O) groups is 1. The number of nitrogens with zero attached hydrogens (tertiary/aromatic N) is 3. The van der Waals surface area contributed by atoms with Gasteiger partial charge in [-0.05, 0) is 50.7 Å². The molecule has 4 rings (SSSR count). The van der Waals surface area contributed by atoms with Crippen molar-refractivity contribution in [2.45, 2.75) is 44.6 Å². The van der Waals surface area contributed by atoms with E-state index in [0.717, 1.165) is 46.5 Å². The van der Waals surface area contributed by atoms with Gasteiger partial charge in [-0.3, -0.25) is 4.79 Å². The van der Waals surface area contributed by atoms with Gasteiger partial charge < -0.3 is 5.32 Å². The third-order valence-electron chi connectivity index (χ3n) is 4.81. The number of aryl methyl sites for hydroxylation is 3. The third kappa shape index (κ3) is 3.47. The summed E-state index contributed by atoms with van der Waals surface area (Å²) in [5.74, 6) is 0.153. The normalized spacial score (nSPS) is 13.4. The Morgan fingerprint density at radius 1 is 1.30 bits per heavy atom. The summed E-state index contributed by atoms with van der Waals surface area (Å²) in [5.41, 5.74) is 2.97. The monoisotopic (exact) mass is 414 g/mol. The molecule has 0 saturated heterocycles. The highest BCUT2D eigenvalue weighted by Crippen LogP contribution is 2.38. The van der Waals surface area contributed by atoms with Crippen LogP contribution in [0.1, 0.15) is 39.3 Å². The molecule has 0 bridgehead atoms. The summed E-state index contributed by atoms with van der Waals surface area (Å²) in [6.45, 7) is 4.14. The van der Waals surface area contributed by atoms with E-state index < -0.39 is 0 Å². The number of rotatable bonds is 4. The van der Waals surface area contributed by atoms with Crippen molar-refractivity contribution in [2.24, 2.45) is 0 Å². The van der Waals surface area contributed by atoms with Crippen LogP contribution in [0.2, 0.25) is 0 Å². The van der Waals surface area contributed by atoms with E-state index >= 15 is 0 Å². The third-order valence-corrected chi connectivity index (χ3v) is 8.12. The van der Waals surface area contributed by atoms with E-state index in [1.54, 1.807) is 29.0 Å². The molecule has 27 heavy (non-hydrogen) atoms. The lowest BCUT2D eigenvalue weighted by molar-refractivity contribution is -0.113. The highest BCUT2D eigenvalue weighted by atomic mass is 32.2. The maximum absolute atomic E-state index is 12.5. The first-order valence-electron chi connectivity index (χ1n) is 8.76. The summed E-state index contributed by atoms with van der Waals surface area (Å²) >= 11 is 4.63. The van der Waals surface area contributed by atoms with Gasteiger partial charge >= 0.3 is 0 Å². The fraction of sp³-hybridized carbons (Fsp3) is 0.368. The highest BCUT2D eigenvalue weighted by Gasteiger charge is 2.22. The molecule has 1 N–H and O–H groups in total. The van der Waals surface area contributed by atoms with E-state index in [0.29, 0.717) is 10.6 Å². The standard InChI is InChI=1S/C19H18N4OS3/c1-10-11(2)26-19-16(10)18(21-9-22-19)25-8-15(24)23-17-13(7-20)12-5-3-4-6-14(12)27-17/h9H,3-6,8H2,1-2H3,(H,23,24). The van der Waals surface area contributed by atoms with Crippen LogP contribution < -0.4 is 5.32 Å². The second kappa shape index (κ2) is 7.58. The number of thioether (sulfide) groups is 1. The summed E-state index contributed by atoms with van der Waals surface area (Å²) < 4.78 is 0. The van der Waals surface area contributed by atoms with Crippen LogP contribution in [0.3, 0.4) is 0 Å². The zero-order valence-corrected chi connectivity index (χ0v) is 17.5. The molecular weight excluding hydrogens is 396 g/mol. The average Bonchev–Trinajstić information content (AvgIpc) is 3.16. The molecule has 5 nitrogen and oxygen atoms in total. The molecule has 0 saturated carbocycles. The Labute approximate surface area is 169 Å². The first-order valence-corrected chi connectivity index (χ1v) is 11.4. The van der Waals surface area contributed by atoms with E-state index in [-0.39, 0.29) is 11.7 Å². The number of anilines is 1. The number of thiophene rings is 2. The molecule has 3 heterocycles. The van der Waals surface area contributed by atoms with Gasteiger partial charge in [-0.25, -0.2) is 9.97 Å². The van der Waals surface area contributed by atoms with Crippen LogP contribution in [-0.2, 0) is 17.6 Å². The van der Waals surface area contributed by atoms with Gasteiger partial charge in [-0.15, -0.1) is 22.7 Å². The van der Waals surface area contributed by atoms with E-state index in [9.17, 15) is 10.1 Å². The fourth-order valence-corrected chi connectivity index (χ4v) is 6.50. The first kappa shape index (κ1) is 18.4. The second-order valence-corrected chi connectivity index (χ2v) is 9.78. The Bertz CT molecular complexity index is 1080. The summed E-state index contributed by atoms with van der Waals surface area (Å²) in [6.07, 6.45) is 5.78. The van der Waals surface area contributed by atoms with Crippen molar-refractivity contribution in [2.75, 3.05) is 11.1 Å². The van der Waals surface area contributed by atoms with Crippen molar-refractivity contribution >= 4 is 55.6 Å². The first-order chi connectivity index (χ1) is 13.1. The molecule has 3 aromatic heterocycles. The molecule has 0 spiro atoms. The van der Waals surface area contributed by atoms with Crippen LogP contribution in [0.15, 0.2) is 11.4 Å². The van der Waals surface area contributed by atoms with Gasteiger partial charge in [0, 0.05) is 15.1 Å². The van der Waals surface area contributed by atoms with Gasteiger partial charge in [-0.2, -0.15) is 5.26 Å². The number of amides is 1. The second-order valence-electron chi connectivity index (χ2n) is 6.51. The zero-order chi connectivity index (χ0) is 19.0. The van der Waals surface area contributed by atoms with E-state index in [1.165, 1.54) is 27.1 Å². The minimum Gasteiger partial charge on any atom is -0.316 e. The summed E-state index contributed by atoms with van der Waals surface area (Å²) in [5, 5.41) is 15.1. The molecule has 1 amide bonds. The number of nitrogens with one attached hydrogen (secondary N) is 1. The van der Waals surface area contributed by atoms with Crippen LogP contribution in [0.25, 0.3) is 10.2 Å². The van der Waals surface area contributed by atoms with Crippen LogP contribution in [0, 0.1) is 25.2 Å². The molecule has 1 aliphatic rings. The largest absolute Gasteiger partial charge is 0.316 e. The maximum Gasteiger partial charge on any atom is 0.235 e. The molecule has 0 radical (unpaired) electrons. The van der Waals surface area contributed by atoms with Crippen molar-refractivity contribution in [3.8, 4) is 6.07 Å². The Balaban J connectivity index is 1.50.